The Morgan fingerprint density at radius 2 is 2.06 bits per heavy atom. The Hall–Kier alpha value is -0.610. The Morgan fingerprint density at radius 3 is 2.59 bits per heavy atom. The summed E-state index contributed by atoms with van der Waals surface area (Å²) in [5, 5.41) is 0.763. The van der Waals surface area contributed by atoms with Crippen LogP contribution in [0.25, 0.3) is 0 Å². The largest absolute Gasteiger partial charge is 0.383 e. The molecule has 0 bridgehead atoms. The molecule has 0 saturated carbocycles. The average molecular weight is 257 g/mol. The summed E-state index contributed by atoms with van der Waals surface area (Å²) < 4.78 is 5.09. The molecule has 96 valence electrons. The Labute approximate surface area is 109 Å². The first-order valence-corrected chi connectivity index (χ1v) is 6.15. The molecule has 1 aromatic rings. The second-order valence-corrected chi connectivity index (χ2v) is 4.71. The third-order valence-electron chi connectivity index (χ3n) is 2.84. The van der Waals surface area contributed by atoms with Crippen molar-refractivity contribution in [3.8, 4) is 0 Å². The van der Waals surface area contributed by atoms with Crippen molar-refractivity contribution in [1.29, 1.82) is 0 Å². The summed E-state index contributed by atoms with van der Waals surface area (Å²) in [5.74, 6) is 0. The minimum Gasteiger partial charge on any atom is -0.383 e. The topological polar surface area (TPSA) is 38.5 Å². The van der Waals surface area contributed by atoms with Gasteiger partial charge in [0.05, 0.1) is 12.6 Å². The van der Waals surface area contributed by atoms with E-state index in [9.17, 15) is 0 Å². The fourth-order valence-corrected chi connectivity index (χ4v) is 2.26. The smallest absolute Gasteiger partial charge is 0.0589 e. The molecule has 1 aromatic carbocycles. The van der Waals surface area contributed by atoms with Crippen molar-refractivity contribution in [2.45, 2.75) is 19.0 Å². The van der Waals surface area contributed by atoms with Crippen LogP contribution in [0, 0.1) is 0 Å². The predicted molar refractivity (Wildman–Crippen MR) is 72.3 cm³/mol. The van der Waals surface area contributed by atoms with Crippen molar-refractivity contribution in [3.05, 3.63) is 34.9 Å². The van der Waals surface area contributed by atoms with Gasteiger partial charge in [-0.1, -0.05) is 29.8 Å². The number of methoxy groups -OCH3 is 1. The van der Waals surface area contributed by atoms with Gasteiger partial charge in [0.2, 0.25) is 0 Å². The predicted octanol–water partition coefficient (Wildman–Crippen LogP) is 2.31. The zero-order valence-corrected chi connectivity index (χ0v) is 11.4. The molecule has 0 amide bonds. The number of benzene rings is 1. The number of hydrogen-bond acceptors (Lipinski definition) is 3. The molecule has 2 N–H and O–H groups in total. The zero-order chi connectivity index (χ0) is 12.8. The molecule has 4 heteroatoms. The number of nitrogens with two attached hydrogens (primary N) is 1. The average Bonchev–Trinajstić information content (AvgIpc) is 2.29. The third kappa shape index (κ3) is 3.96. The molecule has 0 spiro atoms. The van der Waals surface area contributed by atoms with Crippen molar-refractivity contribution < 1.29 is 4.74 Å². The number of nitrogens with zero attached hydrogens (tertiary/aromatic N) is 1. The first-order valence-electron chi connectivity index (χ1n) is 5.77. The lowest BCUT2D eigenvalue weighted by molar-refractivity contribution is 0.131. The number of rotatable bonds is 6. The summed E-state index contributed by atoms with van der Waals surface area (Å²) in [4.78, 5) is 2.18. The lowest BCUT2D eigenvalue weighted by Gasteiger charge is -2.31. The van der Waals surface area contributed by atoms with Gasteiger partial charge in [0.25, 0.3) is 0 Å². The summed E-state index contributed by atoms with van der Waals surface area (Å²) in [5.41, 5.74) is 7.14. The number of halogens is 1. The van der Waals surface area contributed by atoms with Gasteiger partial charge in [-0.25, -0.2) is 0 Å². The van der Waals surface area contributed by atoms with E-state index in [1.165, 1.54) is 0 Å². The van der Waals surface area contributed by atoms with E-state index in [4.69, 9.17) is 22.1 Å². The van der Waals surface area contributed by atoms with Crippen molar-refractivity contribution in [2.24, 2.45) is 5.73 Å². The fraction of sp³-hybridized carbons (Fsp3) is 0.538. The summed E-state index contributed by atoms with van der Waals surface area (Å²) in [6, 6.07) is 7.96. The van der Waals surface area contributed by atoms with Crippen molar-refractivity contribution in [2.75, 3.05) is 27.3 Å². The van der Waals surface area contributed by atoms with E-state index in [0.717, 1.165) is 17.1 Å². The maximum atomic E-state index is 6.23. The Balaban J connectivity index is 2.89. The van der Waals surface area contributed by atoms with Gasteiger partial charge >= 0.3 is 0 Å². The van der Waals surface area contributed by atoms with Crippen molar-refractivity contribution >= 4 is 11.6 Å². The minimum atomic E-state index is 0.0109. The van der Waals surface area contributed by atoms with Gasteiger partial charge in [0.15, 0.2) is 0 Å². The van der Waals surface area contributed by atoms with Crippen LogP contribution >= 0.6 is 11.6 Å². The molecule has 3 nitrogen and oxygen atoms in total. The molecule has 1 rings (SSSR count). The molecule has 2 unspecified atom stereocenters. The van der Waals surface area contributed by atoms with Crippen LogP contribution in [-0.2, 0) is 4.74 Å². The molecule has 0 saturated heterocycles. The summed E-state index contributed by atoms with van der Waals surface area (Å²) in [6.07, 6.45) is 0. The lowest BCUT2D eigenvalue weighted by Crippen LogP contribution is -2.38. The fourth-order valence-electron chi connectivity index (χ4n) is 2.01. The second-order valence-electron chi connectivity index (χ2n) is 4.30. The van der Waals surface area contributed by atoms with Gasteiger partial charge < -0.3 is 10.5 Å². The summed E-state index contributed by atoms with van der Waals surface area (Å²) >= 11 is 6.23. The van der Waals surface area contributed by atoms with Crippen LogP contribution in [0.1, 0.15) is 18.5 Å². The Bertz CT molecular complexity index is 344. The van der Waals surface area contributed by atoms with Gasteiger partial charge in [-0.3, -0.25) is 4.90 Å². The summed E-state index contributed by atoms with van der Waals surface area (Å²) in [7, 11) is 3.74. The van der Waals surface area contributed by atoms with Crippen LogP contribution in [0.5, 0.6) is 0 Å². The normalized spacial score (nSPS) is 14.9. The highest BCUT2D eigenvalue weighted by Gasteiger charge is 2.22. The highest BCUT2D eigenvalue weighted by Crippen LogP contribution is 2.28. The van der Waals surface area contributed by atoms with Gasteiger partial charge in [-0.2, -0.15) is 0 Å². The Kier molecular flexibility index (Phi) is 5.92. The molecule has 0 aliphatic carbocycles. The van der Waals surface area contributed by atoms with Crippen LogP contribution in [0.3, 0.4) is 0 Å². The molecular formula is C13H21ClN2O. The van der Waals surface area contributed by atoms with Gasteiger partial charge in [-0.05, 0) is 25.6 Å². The molecule has 0 aromatic heterocycles. The van der Waals surface area contributed by atoms with Crippen molar-refractivity contribution in [3.63, 3.8) is 0 Å². The van der Waals surface area contributed by atoms with E-state index in [1.54, 1.807) is 7.11 Å². The van der Waals surface area contributed by atoms with E-state index in [1.807, 2.05) is 38.2 Å². The number of likely N-dealkylation sites (N-methyl/N-ethyl adjacent to an activating group) is 1. The number of hydrogen-bond donors (Lipinski definition) is 1. The van der Waals surface area contributed by atoms with E-state index in [2.05, 4.69) is 4.90 Å². The maximum absolute atomic E-state index is 6.23. The van der Waals surface area contributed by atoms with Crippen LogP contribution in [-0.4, -0.2) is 38.3 Å². The molecule has 0 aliphatic heterocycles. The van der Waals surface area contributed by atoms with E-state index < -0.39 is 0 Å². The van der Waals surface area contributed by atoms with Crippen molar-refractivity contribution in [1.82, 2.24) is 4.90 Å². The van der Waals surface area contributed by atoms with Crippen LogP contribution in [0.4, 0.5) is 0 Å². The first-order chi connectivity index (χ1) is 8.07. The number of ether oxygens (including phenoxy) is 1. The monoisotopic (exact) mass is 256 g/mol. The van der Waals surface area contributed by atoms with Crippen LogP contribution in [0.15, 0.2) is 24.3 Å². The van der Waals surface area contributed by atoms with E-state index in [0.29, 0.717) is 6.61 Å². The highest BCUT2D eigenvalue weighted by atomic mass is 35.5. The zero-order valence-electron chi connectivity index (χ0n) is 10.7. The quantitative estimate of drug-likeness (QED) is 0.849. The first kappa shape index (κ1) is 14.5. The second kappa shape index (κ2) is 6.97. The molecule has 0 heterocycles. The molecule has 0 radical (unpaired) electrons. The molecule has 2 atom stereocenters. The highest BCUT2D eigenvalue weighted by molar-refractivity contribution is 6.31. The maximum Gasteiger partial charge on any atom is 0.0589 e. The van der Waals surface area contributed by atoms with Crippen LogP contribution in [0.2, 0.25) is 5.02 Å². The summed E-state index contributed by atoms with van der Waals surface area (Å²) in [6.45, 7) is 3.51. The molecular weight excluding hydrogens is 236 g/mol. The Morgan fingerprint density at radius 1 is 1.41 bits per heavy atom. The van der Waals surface area contributed by atoms with E-state index in [-0.39, 0.29) is 12.1 Å². The van der Waals surface area contributed by atoms with Gasteiger partial charge in [0, 0.05) is 24.7 Å². The van der Waals surface area contributed by atoms with Gasteiger partial charge in [0.1, 0.15) is 0 Å². The molecule has 0 aliphatic rings. The van der Waals surface area contributed by atoms with E-state index >= 15 is 0 Å². The standard InChI is InChI=1S/C13H21ClN2O/c1-10(15)13(16(2)8-9-17-3)11-6-4-5-7-12(11)14/h4-7,10,13H,8-9,15H2,1-3H3. The molecule has 17 heavy (non-hydrogen) atoms. The van der Waals surface area contributed by atoms with Crippen LogP contribution < -0.4 is 5.73 Å². The lowest BCUT2D eigenvalue weighted by atomic mass is 9.99. The minimum absolute atomic E-state index is 0.0109. The molecule has 0 fully saturated rings. The third-order valence-corrected chi connectivity index (χ3v) is 3.19. The SMILES string of the molecule is COCCN(C)C(c1ccccc1Cl)C(C)N. The van der Waals surface area contributed by atoms with Gasteiger partial charge in [-0.15, -0.1) is 0 Å².